The number of piperidine rings is 1. The van der Waals surface area contributed by atoms with E-state index in [-0.39, 0.29) is 6.61 Å². The summed E-state index contributed by atoms with van der Waals surface area (Å²) < 4.78 is 19.0. The lowest BCUT2D eigenvalue weighted by molar-refractivity contribution is 0.322. The van der Waals surface area contributed by atoms with Crippen LogP contribution in [0, 0.1) is 12.3 Å². The van der Waals surface area contributed by atoms with Crippen LogP contribution in [0.3, 0.4) is 0 Å². The van der Waals surface area contributed by atoms with E-state index in [2.05, 4.69) is 32.1 Å². The molecule has 1 unspecified atom stereocenters. The largest absolute Gasteiger partial charge is 0.395 e. The summed E-state index contributed by atoms with van der Waals surface area (Å²) in [5.41, 5.74) is 6.22. The zero-order valence-electron chi connectivity index (χ0n) is 21.2. The monoisotopic (exact) mass is 523 g/mol. The zero-order valence-corrected chi connectivity index (χ0v) is 22.1. The molecule has 3 aromatic rings. The van der Waals surface area contributed by atoms with Crippen molar-refractivity contribution >= 4 is 29.1 Å². The van der Waals surface area contributed by atoms with Crippen molar-refractivity contribution in [3.05, 3.63) is 42.1 Å². The summed E-state index contributed by atoms with van der Waals surface area (Å²) >= 11 is 1.50. The van der Waals surface area contributed by atoms with Crippen LogP contribution in [-0.4, -0.2) is 69.8 Å². The number of pyridine rings is 1. The number of hydrogen-bond acceptors (Lipinski definition) is 8. The quantitative estimate of drug-likeness (QED) is 0.327. The molecular weight excluding hydrogens is 489 g/mol. The van der Waals surface area contributed by atoms with E-state index in [0.29, 0.717) is 36.4 Å². The van der Waals surface area contributed by atoms with Crippen molar-refractivity contribution in [3.8, 4) is 17.1 Å². The van der Waals surface area contributed by atoms with Gasteiger partial charge in [0.25, 0.3) is 0 Å². The molecule has 0 bridgehead atoms. The Kier molecular flexibility index (Phi) is 6.71. The maximum atomic E-state index is 13.8. The summed E-state index contributed by atoms with van der Waals surface area (Å²) in [7, 11) is 0. The summed E-state index contributed by atoms with van der Waals surface area (Å²) in [5, 5.41) is 18.1. The van der Waals surface area contributed by atoms with Gasteiger partial charge in [-0.2, -0.15) is 0 Å². The van der Waals surface area contributed by atoms with Gasteiger partial charge in [-0.25, -0.2) is 14.1 Å². The van der Waals surface area contributed by atoms with Gasteiger partial charge in [-0.05, 0) is 80.3 Å². The van der Waals surface area contributed by atoms with Gasteiger partial charge in [0, 0.05) is 31.1 Å². The molecule has 0 radical (unpaired) electrons. The van der Waals surface area contributed by atoms with Gasteiger partial charge in [0.2, 0.25) is 0 Å². The van der Waals surface area contributed by atoms with Crippen LogP contribution in [0.1, 0.15) is 37.7 Å². The standard InChI is InChI=1S/C27H34FN7OS/c1-19-14-22(29-26(15-19)34-9-4-20(28)17-34)23-18-35(32-30-23)24-3-2-21(31-37-13-12-36)16-25(24)33-10-7-27(5-6-27)8-11-33/h2-3,14-16,18,20,31,36H,4-13,17H2,1H3. The minimum atomic E-state index is -0.797. The summed E-state index contributed by atoms with van der Waals surface area (Å²) in [4.78, 5) is 9.29. The Balaban J connectivity index is 1.29. The molecule has 3 fully saturated rings. The fraction of sp³-hybridized carbons (Fsp3) is 0.519. The Morgan fingerprint density at radius 1 is 1.05 bits per heavy atom. The van der Waals surface area contributed by atoms with Crippen LogP contribution >= 0.6 is 11.9 Å². The van der Waals surface area contributed by atoms with Crippen molar-refractivity contribution in [2.24, 2.45) is 5.41 Å². The molecule has 4 heterocycles. The van der Waals surface area contributed by atoms with Gasteiger partial charge in [-0.15, -0.1) is 5.10 Å². The Bertz CT molecular complexity index is 1250. The van der Waals surface area contributed by atoms with Crippen LogP contribution < -0.4 is 14.5 Å². The number of halogens is 1. The van der Waals surface area contributed by atoms with E-state index in [0.717, 1.165) is 47.2 Å². The average Bonchev–Trinajstić information content (AvgIpc) is 3.28. The first-order valence-electron chi connectivity index (χ1n) is 13.2. The Hall–Kier alpha value is -2.85. The third-order valence-corrected chi connectivity index (χ3v) is 8.66. The zero-order chi connectivity index (χ0) is 25.4. The molecule has 2 aliphatic heterocycles. The van der Waals surface area contributed by atoms with Crippen LogP contribution in [-0.2, 0) is 0 Å². The third kappa shape index (κ3) is 5.27. The van der Waals surface area contributed by atoms with Gasteiger partial charge in [-0.3, -0.25) is 0 Å². The van der Waals surface area contributed by atoms with Crippen molar-refractivity contribution < 1.29 is 9.50 Å². The maximum Gasteiger partial charge on any atom is 0.131 e. The van der Waals surface area contributed by atoms with E-state index < -0.39 is 6.17 Å². The van der Waals surface area contributed by atoms with E-state index in [1.54, 1.807) is 0 Å². The van der Waals surface area contributed by atoms with Gasteiger partial charge in [0.15, 0.2) is 0 Å². The summed E-state index contributed by atoms with van der Waals surface area (Å²) in [6.07, 6.45) is 6.89. The van der Waals surface area contributed by atoms with Crippen LogP contribution in [0.25, 0.3) is 17.1 Å². The Labute approximate surface area is 221 Å². The minimum Gasteiger partial charge on any atom is -0.395 e. The fourth-order valence-electron chi connectivity index (χ4n) is 5.48. The average molecular weight is 524 g/mol. The normalized spacial score (nSPS) is 20.6. The lowest BCUT2D eigenvalue weighted by Crippen LogP contribution is -2.35. The molecular formula is C27H34FN7OS. The van der Waals surface area contributed by atoms with Crippen molar-refractivity contribution in [1.82, 2.24) is 20.0 Å². The summed E-state index contributed by atoms with van der Waals surface area (Å²) in [6.45, 7) is 5.32. The molecule has 0 amide bonds. The number of hydrogen-bond donors (Lipinski definition) is 2. The molecule has 1 atom stereocenters. The summed E-state index contributed by atoms with van der Waals surface area (Å²) in [5.74, 6) is 1.42. The molecule has 196 valence electrons. The molecule has 1 saturated carbocycles. The molecule has 2 saturated heterocycles. The van der Waals surface area contributed by atoms with Gasteiger partial charge in [0.1, 0.15) is 17.7 Å². The van der Waals surface area contributed by atoms with Gasteiger partial charge < -0.3 is 19.6 Å². The first-order chi connectivity index (χ1) is 18.0. The van der Waals surface area contributed by atoms with Crippen molar-refractivity contribution in [2.45, 2.75) is 45.2 Å². The smallest absolute Gasteiger partial charge is 0.131 e. The highest BCUT2D eigenvalue weighted by Crippen LogP contribution is 2.54. The van der Waals surface area contributed by atoms with Crippen molar-refractivity contribution in [1.29, 1.82) is 0 Å². The highest BCUT2D eigenvalue weighted by molar-refractivity contribution is 8.00. The second kappa shape index (κ2) is 10.1. The Morgan fingerprint density at radius 2 is 1.89 bits per heavy atom. The SMILES string of the molecule is Cc1cc(-c2cn(-c3ccc(NSCCO)cc3N3CCC4(CC3)CC4)nn2)nc(N2CCC(F)C2)c1. The van der Waals surface area contributed by atoms with Crippen molar-refractivity contribution in [3.63, 3.8) is 0 Å². The number of aryl methyl sites for hydroxylation is 1. The molecule has 2 N–H and O–H groups in total. The second-order valence-electron chi connectivity index (χ2n) is 10.6. The number of aliphatic hydroxyl groups excluding tert-OH is 1. The van der Waals surface area contributed by atoms with Crippen molar-refractivity contribution in [2.75, 3.05) is 53.1 Å². The molecule has 37 heavy (non-hydrogen) atoms. The number of nitrogens with one attached hydrogen (secondary N) is 1. The van der Waals surface area contributed by atoms with Crippen LogP contribution in [0.15, 0.2) is 36.5 Å². The predicted octanol–water partition coefficient (Wildman–Crippen LogP) is 4.62. The topological polar surface area (TPSA) is 82.3 Å². The molecule has 1 spiro atoms. The number of alkyl halides is 1. The fourth-order valence-corrected chi connectivity index (χ4v) is 5.97. The van der Waals surface area contributed by atoms with Gasteiger partial charge in [0.05, 0.1) is 36.4 Å². The third-order valence-electron chi connectivity index (χ3n) is 7.89. The van der Waals surface area contributed by atoms with Gasteiger partial charge >= 0.3 is 0 Å². The van der Waals surface area contributed by atoms with E-state index in [1.165, 1.54) is 37.6 Å². The first kappa shape index (κ1) is 24.5. The summed E-state index contributed by atoms with van der Waals surface area (Å²) in [6, 6.07) is 10.3. The highest BCUT2D eigenvalue weighted by atomic mass is 32.2. The minimum absolute atomic E-state index is 0.138. The molecule has 3 aliphatic rings. The highest BCUT2D eigenvalue weighted by Gasteiger charge is 2.44. The Morgan fingerprint density at radius 3 is 2.62 bits per heavy atom. The lowest BCUT2D eigenvalue weighted by atomic mass is 9.93. The first-order valence-corrected chi connectivity index (χ1v) is 14.2. The molecule has 6 rings (SSSR count). The second-order valence-corrected chi connectivity index (χ2v) is 11.5. The molecule has 1 aliphatic carbocycles. The lowest BCUT2D eigenvalue weighted by Gasteiger charge is -2.35. The number of anilines is 3. The number of benzene rings is 1. The molecule has 1 aromatic carbocycles. The number of rotatable bonds is 8. The van der Waals surface area contributed by atoms with E-state index in [1.807, 2.05) is 40.9 Å². The number of nitrogens with zero attached hydrogens (tertiary/aromatic N) is 6. The van der Waals surface area contributed by atoms with E-state index >= 15 is 0 Å². The number of aliphatic hydroxyl groups is 1. The van der Waals surface area contributed by atoms with E-state index in [9.17, 15) is 4.39 Å². The van der Waals surface area contributed by atoms with Gasteiger partial charge in [-0.1, -0.05) is 17.2 Å². The molecule has 2 aromatic heterocycles. The van der Waals surface area contributed by atoms with E-state index in [4.69, 9.17) is 10.1 Å². The predicted molar refractivity (Wildman–Crippen MR) is 147 cm³/mol. The molecule has 10 heteroatoms. The van der Waals surface area contributed by atoms with Crippen LogP contribution in [0.2, 0.25) is 0 Å². The van der Waals surface area contributed by atoms with Crippen LogP contribution in [0.4, 0.5) is 21.6 Å². The number of aromatic nitrogens is 4. The maximum absolute atomic E-state index is 13.8. The molecule has 8 nitrogen and oxygen atoms in total. The van der Waals surface area contributed by atoms with Crippen LogP contribution in [0.5, 0.6) is 0 Å².